The largest absolute Gasteiger partial charge is 0.481 e. The van der Waals surface area contributed by atoms with E-state index in [1.807, 2.05) is 0 Å². The minimum atomic E-state index is -3.47. The van der Waals surface area contributed by atoms with Crippen LogP contribution in [0.4, 0.5) is 19.3 Å². The van der Waals surface area contributed by atoms with Crippen LogP contribution in [0.1, 0.15) is 41.9 Å². The molecular weight excluding hydrogens is 656 g/mol. The van der Waals surface area contributed by atoms with Gasteiger partial charge in [-0.2, -0.15) is 4.31 Å². The van der Waals surface area contributed by atoms with Crippen molar-refractivity contribution in [3.8, 4) is 5.88 Å². The Morgan fingerprint density at radius 2 is 1.96 bits per heavy atom. The zero-order valence-corrected chi connectivity index (χ0v) is 27.4. The summed E-state index contributed by atoms with van der Waals surface area (Å²) in [5.74, 6) is -3.03. The highest BCUT2D eigenvalue weighted by molar-refractivity contribution is 7.89. The van der Waals surface area contributed by atoms with E-state index in [1.54, 1.807) is 6.07 Å². The van der Waals surface area contributed by atoms with E-state index >= 15 is 4.39 Å². The Balaban J connectivity index is 1.48. The van der Waals surface area contributed by atoms with Crippen molar-refractivity contribution in [1.29, 1.82) is 0 Å². The molecule has 2 aliphatic rings. The summed E-state index contributed by atoms with van der Waals surface area (Å²) < 4.78 is 62.8. The predicted molar refractivity (Wildman–Crippen MR) is 172 cm³/mol. The Labute approximate surface area is 276 Å². The Morgan fingerprint density at radius 3 is 2.68 bits per heavy atom. The topological polar surface area (TPSA) is 141 Å². The molecule has 0 radical (unpaired) electrons. The number of ether oxygens (including phenoxy) is 1. The number of fused-ring (bicyclic) bond motifs is 2. The summed E-state index contributed by atoms with van der Waals surface area (Å²) in [4.78, 5) is 31.4. The van der Waals surface area contributed by atoms with Crippen LogP contribution in [0.25, 0.3) is 0 Å². The second-order valence-corrected chi connectivity index (χ2v) is 14.2. The van der Waals surface area contributed by atoms with E-state index in [0.717, 1.165) is 17.4 Å². The number of hydrogen-bond donors (Lipinski definition) is 3. The van der Waals surface area contributed by atoms with Gasteiger partial charge in [0.1, 0.15) is 17.7 Å². The van der Waals surface area contributed by atoms with Crippen molar-refractivity contribution in [2.24, 2.45) is 0 Å². The van der Waals surface area contributed by atoms with Gasteiger partial charge in [-0.05, 0) is 67.1 Å². The molecule has 2 saturated heterocycles. The van der Waals surface area contributed by atoms with E-state index in [9.17, 15) is 27.5 Å². The van der Waals surface area contributed by atoms with Crippen LogP contribution >= 0.6 is 11.6 Å². The molecule has 2 fully saturated rings. The monoisotopic (exact) mass is 691 g/mol. The Kier molecular flexibility index (Phi) is 10.6. The van der Waals surface area contributed by atoms with Crippen LogP contribution in [-0.2, 0) is 21.2 Å². The Hall–Kier alpha value is -3.85. The number of anilines is 1. The van der Waals surface area contributed by atoms with Gasteiger partial charge in [-0.25, -0.2) is 27.0 Å². The number of likely N-dealkylation sites (N-methyl/N-ethyl adjacent to an activating group) is 1. The zero-order valence-electron chi connectivity index (χ0n) is 25.8. The van der Waals surface area contributed by atoms with E-state index in [-0.39, 0.29) is 52.4 Å². The van der Waals surface area contributed by atoms with Crippen molar-refractivity contribution in [2.45, 2.75) is 49.7 Å². The standard InChI is InChI=1S/C32H36ClF2N5O6S/c1-39(32(42)43)30(29(19-8-11-24(33)26(35)15-19)20-12-13-36-28(16-20)46-2)31(41)38-27-7-3-6-25(34)23(27)10-9-22-17-37-21-5-4-14-47(44,45)40(22)18-21/h3,6-8,11-13,15-16,21-22,29-30,37H,4-5,9-10,14,17-18H2,1-2H3,(H,38,41)(H,42,43)/t21?,22?,29-,30-/m0/s1. The van der Waals surface area contributed by atoms with Crippen molar-refractivity contribution in [2.75, 3.05) is 38.3 Å². The zero-order chi connectivity index (χ0) is 33.9. The lowest BCUT2D eigenvalue weighted by molar-refractivity contribution is -0.120. The molecule has 0 saturated carbocycles. The molecule has 47 heavy (non-hydrogen) atoms. The molecule has 2 bridgehead atoms. The number of hydrogen-bond acceptors (Lipinski definition) is 7. The molecule has 3 N–H and O–H groups in total. The number of amides is 2. The van der Waals surface area contributed by atoms with E-state index in [1.165, 1.54) is 61.1 Å². The molecule has 2 aliphatic heterocycles. The number of carbonyl (C=O) groups excluding carboxylic acids is 1. The average Bonchev–Trinajstić information content (AvgIpc) is 3.16. The third-order valence-electron chi connectivity index (χ3n) is 8.80. The smallest absolute Gasteiger partial charge is 0.407 e. The summed E-state index contributed by atoms with van der Waals surface area (Å²) in [6.07, 6.45) is 1.68. The number of halogens is 3. The Morgan fingerprint density at radius 1 is 1.19 bits per heavy atom. The van der Waals surface area contributed by atoms with E-state index in [0.29, 0.717) is 25.1 Å². The minimum absolute atomic E-state index is 0.0587. The molecule has 11 nitrogen and oxygen atoms in total. The number of carbonyl (C=O) groups is 2. The third-order valence-corrected chi connectivity index (χ3v) is 11.1. The minimum Gasteiger partial charge on any atom is -0.481 e. The van der Waals surface area contributed by atoms with Crippen LogP contribution < -0.4 is 15.4 Å². The summed E-state index contributed by atoms with van der Waals surface area (Å²) in [7, 11) is -0.861. The fourth-order valence-corrected chi connectivity index (χ4v) is 8.28. The number of nitrogens with zero attached hydrogens (tertiary/aromatic N) is 3. The molecule has 5 atom stereocenters. The number of aromatic nitrogens is 1. The number of pyridine rings is 1. The molecule has 1 aromatic heterocycles. The summed E-state index contributed by atoms with van der Waals surface area (Å²) in [6, 6.07) is 9.33. The fourth-order valence-electron chi connectivity index (χ4n) is 6.35. The maximum absolute atomic E-state index is 15.4. The Bertz CT molecular complexity index is 1750. The number of nitrogens with one attached hydrogen (secondary N) is 2. The molecule has 0 aliphatic carbocycles. The first kappa shape index (κ1) is 34.5. The lowest BCUT2D eigenvalue weighted by atomic mass is 9.84. The number of methoxy groups -OCH3 is 1. The molecule has 15 heteroatoms. The number of rotatable bonds is 10. The maximum Gasteiger partial charge on any atom is 0.407 e. The van der Waals surface area contributed by atoms with Crippen molar-refractivity contribution in [1.82, 2.24) is 19.5 Å². The van der Waals surface area contributed by atoms with Gasteiger partial charge >= 0.3 is 6.09 Å². The molecule has 0 spiro atoms. The van der Waals surface area contributed by atoms with Crippen LogP contribution in [0.3, 0.4) is 0 Å². The van der Waals surface area contributed by atoms with Crippen molar-refractivity contribution >= 4 is 39.3 Å². The first-order valence-electron chi connectivity index (χ1n) is 15.1. The van der Waals surface area contributed by atoms with Crippen LogP contribution in [0, 0.1) is 11.6 Å². The molecular formula is C32H36ClF2N5O6S. The highest BCUT2D eigenvalue weighted by Gasteiger charge is 2.39. The molecule has 3 heterocycles. The van der Waals surface area contributed by atoms with Gasteiger partial charge < -0.3 is 20.5 Å². The van der Waals surface area contributed by atoms with Gasteiger partial charge in [-0.3, -0.25) is 9.69 Å². The number of sulfonamides is 1. The molecule has 252 valence electrons. The summed E-state index contributed by atoms with van der Waals surface area (Å²) >= 11 is 5.95. The third kappa shape index (κ3) is 7.67. The average molecular weight is 692 g/mol. The summed E-state index contributed by atoms with van der Waals surface area (Å²) in [5, 5.41) is 16.0. The first-order valence-corrected chi connectivity index (χ1v) is 17.1. The molecule has 5 rings (SSSR count). The molecule has 3 aromatic rings. The quantitative estimate of drug-likeness (QED) is 0.283. The van der Waals surface area contributed by atoms with Gasteiger partial charge in [-0.15, -0.1) is 0 Å². The van der Waals surface area contributed by atoms with Crippen molar-refractivity contribution in [3.63, 3.8) is 0 Å². The fraction of sp³-hybridized carbons (Fsp3) is 0.406. The van der Waals surface area contributed by atoms with Crippen LogP contribution in [0.5, 0.6) is 5.88 Å². The lowest BCUT2D eigenvalue weighted by Crippen LogP contribution is -2.57. The normalized spacial score (nSPS) is 21.6. The highest BCUT2D eigenvalue weighted by atomic mass is 35.5. The number of carboxylic acid groups (broad SMARTS) is 1. The second kappa shape index (κ2) is 14.5. The van der Waals surface area contributed by atoms with Gasteiger partial charge in [0.25, 0.3) is 0 Å². The van der Waals surface area contributed by atoms with Crippen molar-refractivity contribution in [3.05, 3.63) is 88.1 Å². The van der Waals surface area contributed by atoms with Crippen LogP contribution in [0.15, 0.2) is 54.7 Å². The van der Waals surface area contributed by atoms with Gasteiger partial charge in [0.15, 0.2) is 0 Å². The van der Waals surface area contributed by atoms with Gasteiger partial charge in [0, 0.05) is 61.7 Å². The summed E-state index contributed by atoms with van der Waals surface area (Å²) in [5.41, 5.74) is 0.891. The molecule has 2 amide bonds. The van der Waals surface area contributed by atoms with Gasteiger partial charge in [0.05, 0.1) is 17.9 Å². The molecule has 2 aromatic carbocycles. The van der Waals surface area contributed by atoms with Gasteiger partial charge in [0.2, 0.25) is 21.8 Å². The van der Waals surface area contributed by atoms with Gasteiger partial charge in [-0.1, -0.05) is 23.7 Å². The number of piperazine rings is 1. The second-order valence-electron chi connectivity index (χ2n) is 11.7. The highest BCUT2D eigenvalue weighted by Crippen LogP contribution is 2.35. The van der Waals surface area contributed by atoms with E-state index in [4.69, 9.17) is 16.3 Å². The van der Waals surface area contributed by atoms with Crippen LogP contribution in [-0.4, -0.2) is 90.8 Å². The number of benzene rings is 2. The first-order chi connectivity index (χ1) is 22.4. The van der Waals surface area contributed by atoms with E-state index in [2.05, 4.69) is 15.6 Å². The maximum atomic E-state index is 15.4. The van der Waals surface area contributed by atoms with Crippen LogP contribution in [0.2, 0.25) is 5.02 Å². The SMILES string of the molecule is COc1cc([C@H](c2ccc(Cl)c(F)c2)[C@@H](C(=O)Nc2cccc(F)c2CCC2CNC3CCCS(=O)(=O)N2C3)N(C)C(=O)O)ccn1. The van der Waals surface area contributed by atoms with Crippen molar-refractivity contribution < 1.29 is 36.6 Å². The summed E-state index contributed by atoms with van der Waals surface area (Å²) in [6.45, 7) is 0.768. The van der Waals surface area contributed by atoms with E-state index < -0.39 is 51.7 Å². The predicted octanol–water partition coefficient (Wildman–Crippen LogP) is 4.47. The molecule has 3 unspecified atom stereocenters. The lowest BCUT2D eigenvalue weighted by Gasteiger charge is -2.37.